The van der Waals surface area contributed by atoms with Crippen LogP contribution >= 0.6 is 0 Å². The summed E-state index contributed by atoms with van der Waals surface area (Å²) in [6.45, 7) is 1.32. The normalized spacial score (nSPS) is 23.2. The molecule has 1 amide bonds. The number of aromatic nitrogens is 3. The minimum absolute atomic E-state index is 0.0132. The lowest BCUT2D eigenvalue weighted by Gasteiger charge is -2.24. The van der Waals surface area contributed by atoms with Crippen LogP contribution in [0, 0.1) is 5.92 Å². The number of pyridine rings is 1. The number of carbonyl (C=O) groups excluding carboxylic acids is 1. The summed E-state index contributed by atoms with van der Waals surface area (Å²) in [5.41, 5.74) is 1.25. The Morgan fingerprint density at radius 1 is 1.24 bits per heavy atom. The molecule has 2 fully saturated rings. The van der Waals surface area contributed by atoms with Crippen LogP contribution in [0.5, 0.6) is 5.88 Å². The van der Waals surface area contributed by atoms with Gasteiger partial charge in [0.25, 0.3) is 11.8 Å². The third-order valence-electron chi connectivity index (χ3n) is 6.24. The quantitative estimate of drug-likeness (QED) is 0.680. The first-order valence-electron chi connectivity index (χ1n) is 9.88. The Bertz CT molecular complexity index is 1020. The summed E-state index contributed by atoms with van der Waals surface area (Å²) in [7, 11) is 1.56. The first-order chi connectivity index (χ1) is 14.2. The zero-order valence-electron chi connectivity index (χ0n) is 16.2. The topological polar surface area (TPSA) is 81.4 Å². The summed E-state index contributed by atoms with van der Waals surface area (Å²) in [6, 6.07) is 13.3. The molecule has 3 aromatic rings. The minimum Gasteiger partial charge on any atom is -0.481 e. The van der Waals surface area contributed by atoms with Crippen LogP contribution in [0.15, 0.2) is 53.2 Å². The molecule has 0 unspecified atom stereocenters. The molecule has 0 radical (unpaired) electrons. The molecule has 29 heavy (non-hydrogen) atoms. The van der Waals surface area contributed by atoms with E-state index >= 15 is 0 Å². The number of methoxy groups -OCH3 is 1. The number of benzene rings is 1. The Kier molecular flexibility index (Phi) is 4.30. The van der Waals surface area contributed by atoms with Crippen molar-refractivity contribution in [2.45, 2.75) is 24.7 Å². The highest BCUT2D eigenvalue weighted by molar-refractivity contribution is 5.94. The second-order valence-electron chi connectivity index (χ2n) is 7.81. The molecule has 7 nitrogen and oxygen atoms in total. The molecule has 2 aliphatic rings. The van der Waals surface area contributed by atoms with E-state index in [1.807, 2.05) is 35.2 Å². The van der Waals surface area contributed by atoms with Gasteiger partial charge in [-0.1, -0.05) is 29.8 Å². The van der Waals surface area contributed by atoms with Gasteiger partial charge in [-0.25, -0.2) is 4.98 Å². The van der Waals surface area contributed by atoms with Gasteiger partial charge in [-0.3, -0.25) is 4.79 Å². The van der Waals surface area contributed by atoms with Crippen molar-refractivity contribution in [3.05, 3.63) is 60.0 Å². The Labute approximate surface area is 168 Å². The second-order valence-corrected chi connectivity index (χ2v) is 7.81. The van der Waals surface area contributed by atoms with E-state index in [-0.39, 0.29) is 11.3 Å². The van der Waals surface area contributed by atoms with Gasteiger partial charge in [-0.2, -0.15) is 4.98 Å². The number of rotatable bonds is 4. The lowest BCUT2D eigenvalue weighted by Crippen LogP contribution is -2.35. The highest BCUT2D eigenvalue weighted by atomic mass is 16.5. The molecule has 0 N–H and O–H groups in total. The van der Waals surface area contributed by atoms with Crippen LogP contribution in [-0.4, -0.2) is 46.1 Å². The van der Waals surface area contributed by atoms with Crippen molar-refractivity contribution in [1.82, 2.24) is 20.0 Å². The van der Waals surface area contributed by atoms with Crippen molar-refractivity contribution in [1.29, 1.82) is 0 Å². The zero-order chi connectivity index (χ0) is 19.8. The van der Waals surface area contributed by atoms with Gasteiger partial charge in [0, 0.05) is 30.9 Å². The van der Waals surface area contributed by atoms with Crippen molar-refractivity contribution in [2.24, 2.45) is 5.92 Å². The molecular formula is C22H22N4O3. The van der Waals surface area contributed by atoms with E-state index < -0.39 is 0 Å². The number of nitrogens with zero attached hydrogens (tertiary/aromatic N) is 4. The van der Waals surface area contributed by atoms with Crippen LogP contribution in [0.3, 0.4) is 0 Å². The molecule has 5 rings (SSSR count). The van der Waals surface area contributed by atoms with Crippen molar-refractivity contribution in [2.75, 3.05) is 20.2 Å². The Hall–Kier alpha value is -3.22. The predicted octanol–water partition coefficient (Wildman–Crippen LogP) is 3.33. The maximum atomic E-state index is 13.1. The van der Waals surface area contributed by atoms with E-state index in [9.17, 15) is 4.79 Å². The van der Waals surface area contributed by atoms with E-state index in [1.165, 1.54) is 0 Å². The van der Waals surface area contributed by atoms with E-state index in [0.29, 0.717) is 36.3 Å². The van der Waals surface area contributed by atoms with E-state index in [1.54, 1.807) is 25.4 Å². The van der Waals surface area contributed by atoms with Crippen LogP contribution in [0.2, 0.25) is 0 Å². The summed E-state index contributed by atoms with van der Waals surface area (Å²) >= 11 is 0. The fourth-order valence-corrected chi connectivity index (χ4v) is 4.74. The van der Waals surface area contributed by atoms with Gasteiger partial charge < -0.3 is 14.2 Å². The third-order valence-corrected chi connectivity index (χ3v) is 6.24. The van der Waals surface area contributed by atoms with Crippen molar-refractivity contribution in [3.63, 3.8) is 0 Å². The molecule has 7 heteroatoms. The van der Waals surface area contributed by atoms with Gasteiger partial charge in [0.1, 0.15) is 0 Å². The monoisotopic (exact) mass is 390 g/mol. The lowest BCUT2D eigenvalue weighted by atomic mass is 9.80. The maximum Gasteiger partial charge on any atom is 0.257 e. The number of hydrogen-bond acceptors (Lipinski definition) is 6. The number of amides is 1. The number of fused-ring (bicyclic) bond motifs is 1. The molecular weight excluding hydrogens is 368 g/mol. The largest absolute Gasteiger partial charge is 0.481 e. The Balaban J connectivity index is 1.41. The smallest absolute Gasteiger partial charge is 0.257 e. The molecule has 1 aliphatic carbocycles. The average molecular weight is 390 g/mol. The highest BCUT2D eigenvalue weighted by Crippen LogP contribution is 2.50. The molecule has 3 heterocycles. The van der Waals surface area contributed by atoms with Crippen LogP contribution in [0.25, 0.3) is 11.5 Å². The SMILES string of the molecule is COc1ccc(C(=O)N2C[C@H]3CCC[C@@]3(c3noc(-c4ccccc4)n3)C2)cn1. The first-order valence-corrected chi connectivity index (χ1v) is 9.88. The molecule has 1 aliphatic heterocycles. The Morgan fingerprint density at radius 2 is 2.10 bits per heavy atom. The van der Waals surface area contributed by atoms with Gasteiger partial charge in [-0.15, -0.1) is 0 Å². The average Bonchev–Trinajstić information content (AvgIpc) is 3.48. The number of carbonyl (C=O) groups is 1. The minimum atomic E-state index is -0.230. The molecule has 1 aromatic carbocycles. The van der Waals surface area contributed by atoms with Gasteiger partial charge >= 0.3 is 0 Å². The van der Waals surface area contributed by atoms with Crippen LogP contribution in [0.1, 0.15) is 35.4 Å². The fraction of sp³-hybridized carbons (Fsp3) is 0.364. The standard InChI is InChI=1S/C22H22N4O3/c1-28-18-10-9-16(12-23-18)20(27)26-13-17-8-5-11-22(17,14-26)21-24-19(29-25-21)15-6-3-2-4-7-15/h2-4,6-7,9-10,12,17H,5,8,11,13-14H2,1H3/t17-,22-/m1/s1. The van der Waals surface area contributed by atoms with E-state index in [2.05, 4.69) is 10.1 Å². The number of ether oxygens (including phenoxy) is 1. The summed E-state index contributed by atoms with van der Waals surface area (Å²) in [5, 5.41) is 4.34. The molecule has 1 saturated carbocycles. The summed E-state index contributed by atoms with van der Waals surface area (Å²) in [6.07, 6.45) is 4.73. The second kappa shape index (κ2) is 6.99. The van der Waals surface area contributed by atoms with Crippen LogP contribution < -0.4 is 4.74 Å². The molecule has 0 bridgehead atoms. The third kappa shape index (κ3) is 2.97. The number of hydrogen-bond donors (Lipinski definition) is 0. The van der Waals surface area contributed by atoms with Gasteiger partial charge in [0.2, 0.25) is 5.88 Å². The van der Waals surface area contributed by atoms with Crippen molar-refractivity contribution >= 4 is 5.91 Å². The summed E-state index contributed by atoms with van der Waals surface area (Å²) < 4.78 is 10.7. The van der Waals surface area contributed by atoms with Gasteiger partial charge in [0.15, 0.2) is 5.82 Å². The maximum absolute atomic E-state index is 13.1. The Morgan fingerprint density at radius 3 is 2.86 bits per heavy atom. The zero-order valence-corrected chi connectivity index (χ0v) is 16.2. The first kappa shape index (κ1) is 17.8. The molecule has 148 valence electrons. The lowest BCUT2D eigenvalue weighted by molar-refractivity contribution is 0.0776. The predicted molar refractivity (Wildman–Crippen MR) is 105 cm³/mol. The molecule has 1 saturated heterocycles. The summed E-state index contributed by atoms with van der Waals surface area (Å²) in [4.78, 5) is 23.9. The number of likely N-dealkylation sites (tertiary alicyclic amines) is 1. The van der Waals surface area contributed by atoms with E-state index in [4.69, 9.17) is 14.2 Å². The van der Waals surface area contributed by atoms with E-state index in [0.717, 1.165) is 30.7 Å². The van der Waals surface area contributed by atoms with Gasteiger partial charge in [0.05, 0.1) is 18.1 Å². The molecule has 0 spiro atoms. The van der Waals surface area contributed by atoms with Crippen molar-refractivity contribution < 1.29 is 14.1 Å². The van der Waals surface area contributed by atoms with Gasteiger partial charge in [-0.05, 0) is 37.0 Å². The van der Waals surface area contributed by atoms with Crippen molar-refractivity contribution in [3.8, 4) is 17.3 Å². The molecule has 2 atom stereocenters. The van der Waals surface area contributed by atoms with Crippen LogP contribution in [-0.2, 0) is 5.41 Å². The fourth-order valence-electron chi connectivity index (χ4n) is 4.74. The highest BCUT2D eigenvalue weighted by Gasteiger charge is 2.54. The summed E-state index contributed by atoms with van der Waals surface area (Å²) in [5.74, 6) is 2.09. The van der Waals surface area contributed by atoms with Crippen LogP contribution in [0.4, 0.5) is 0 Å². The molecule has 2 aromatic heterocycles.